The maximum absolute atomic E-state index is 10.4. The van der Waals surface area contributed by atoms with Crippen LogP contribution >= 0.6 is 0 Å². The zero-order valence-corrected chi connectivity index (χ0v) is 11.2. The normalized spacial score (nSPS) is 12.9. The molecule has 2 nitrogen and oxygen atoms in total. The third-order valence-electron chi connectivity index (χ3n) is 3.31. The molecule has 0 aliphatic rings. The van der Waals surface area contributed by atoms with Crippen LogP contribution in [-0.4, -0.2) is 5.11 Å². The van der Waals surface area contributed by atoms with Gasteiger partial charge in [-0.15, -0.1) is 0 Å². The fourth-order valence-corrected chi connectivity index (χ4v) is 2.12. The van der Waals surface area contributed by atoms with Crippen LogP contribution < -0.4 is 0 Å². The second-order valence-corrected chi connectivity index (χ2v) is 4.88. The Labute approximate surface area is 108 Å². The molecule has 2 rings (SSSR count). The van der Waals surface area contributed by atoms with E-state index in [1.165, 1.54) is 5.56 Å². The van der Waals surface area contributed by atoms with Gasteiger partial charge in [0.2, 0.25) is 0 Å². The van der Waals surface area contributed by atoms with Crippen LogP contribution in [0.4, 0.5) is 0 Å². The summed E-state index contributed by atoms with van der Waals surface area (Å²) >= 11 is 0. The highest BCUT2D eigenvalue weighted by atomic mass is 16.3. The van der Waals surface area contributed by atoms with Gasteiger partial charge < -0.3 is 9.52 Å². The molecule has 18 heavy (non-hydrogen) atoms. The van der Waals surface area contributed by atoms with E-state index in [4.69, 9.17) is 4.42 Å². The van der Waals surface area contributed by atoms with Crippen LogP contribution in [0.25, 0.3) is 0 Å². The van der Waals surface area contributed by atoms with E-state index in [1.54, 1.807) is 6.26 Å². The Morgan fingerprint density at radius 3 is 2.22 bits per heavy atom. The molecule has 1 N–H and O–H groups in total. The molecule has 0 saturated carbocycles. The summed E-state index contributed by atoms with van der Waals surface area (Å²) in [5.41, 5.74) is 3.07. The lowest BCUT2D eigenvalue weighted by molar-refractivity contribution is 0.217. The topological polar surface area (TPSA) is 33.4 Å². The van der Waals surface area contributed by atoms with Crippen molar-refractivity contribution in [1.82, 2.24) is 0 Å². The summed E-state index contributed by atoms with van der Waals surface area (Å²) in [5, 5.41) is 10.4. The Kier molecular flexibility index (Phi) is 3.87. The first kappa shape index (κ1) is 12.9. The number of hydrogen-bond acceptors (Lipinski definition) is 2. The molecule has 1 aromatic heterocycles. The fourth-order valence-electron chi connectivity index (χ4n) is 2.12. The molecule has 0 bridgehead atoms. The van der Waals surface area contributed by atoms with Gasteiger partial charge in [-0.25, -0.2) is 0 Å². The van der Waals surface area contributed by atoms with Gasteiger partial charge in [-0.1, -0.05) is 45.0 Å². The monoisotopic (exact) mass is 244 g/mol. The number of benzene rings is 1. The number of hydrogen-bond donors (Lipinski definition) is 1. The molecule has 0 fully saturated rings. The molecule has 0 radical (unpaired) electrons. The van der Waals surface area contributed by atoms with Gasteiger partial charge in [-0.05, 0) is 23.1 Å². The summed E-state index contributed by atoms with van der Waals surface area (Å²) < 4.78 is 5.36. The number of rotatable bonds is 4. The smallest absolute Gasteiger partial charge is 0.109 e. The zero-order chi connectivity index (χ0) is 13.1. The number of aliphatic hydroxyl groups is 1. The maximum Gasteiger partial charge on any atom is 0.109 e. The molecule has 96 valence electrons. The van der Waals surface area contributed by atoms with Crippen LogP contribution in [0.1, 0.15) is 55.2 Å². The molecule has 0 spiro atoms. The lowest BCUT2D eigenvalue weighted by Gasteiger charge is -2.12. The predicted molar refractivity (Wildman–Crippen MR) is 72.7 cm³/mol. The van der Waals surface area contributed by atoms with Gasteiger partial charge >= 0.3 is 0 Å². The average Bonchev–Trinajstić information content (AvgIpc) is 2.86. The zero-order valence-electron chi connectivity index (χ0n) is 11.2. The van der Waals surface area contributed by atoms with Gasteiger partial charge in [-0.2, -0.15) is 0 Å². The Balaban J connectivity index is 2.26. The van der Waals surface area contributed by atoms with E-state index >= 15 is 0 Å². The molecule has 0 amide bonds. The van der Waals surface area contributed by atoms with Crippen molar-refractivity contribution in [3.63, 3.8) is 0 Å². The molecule has 1 unspecified atom stereocenters. The van der Waals surface area contributed by atoms with Crippen molar-refractivity contribution >= 4 is 0 Å². The minimum Gasteiger partial charge on any atom is -0.469 e. The van der Waals surface area contributed by atoms with E-state index in [2.05, 4.69) is 26.0 Å². The van der Waals surface area contributed by atoms with Gasteiger partial charge in [0.25, 0.3) is 0 Å². The molecule has 0 aliphatic carbocycles. The van der Waals surface area contributed by atoms with Crippen LogP contribution in [0, 0.1) is 0 Å². The van der Waals surface area contributed by atoms with Crippen LogP contribution in [0.3, 0.4) is 0 Å². The van der Waals surface area contributed by atoms with E-state index in [0.717, 1.165) is 23.3 Å². The fraction of sp³-hybridized carbons (Fsp3) is 0.375. The van der Waals surface area contributed by atoms with Gasteiger partial charge in [0, 0.05) is 12.0 Å². The van der Waals surface area contributed by atoms with Crippen LogP contribution in [-0.2, 0) is 6.42 Å². The van der Waals surface area contributed by atoms with Crippen molar-refractivity contribution in [3.8, 4) is 0 Å². The van der Waals surface area contributed by atoms with E-state index in [-0.39, 0.29) is 0 Å². The highest BCUT2D eigenvalue weighted by Crippen LogP contribution is 2.27. The average molecular weight is 244 g/mol. The van der Waals surface area contributed by atoms with Crippen molar-refractivity contribution in [2.24, 2.45) is 0 Å². The van der Waals surface area contributed by atoms with Gasteiger partial charge in [0.05, 0.1) is 6.26 Å². The Morgan fingerprint density at radius 2 is 1.67 bits per heavy atom. The quantitative estimate of drug-likeness (QED) is 0.880. The lowest BCUT2D eigenvalue weighted by atomic mass is 9.97. The SMILES string of the molecule is CCc1occc1C(O)c1ccc(C(C)C)cc1. The first-order chi connectivity index (χ1) is 8.63. The molecule has 1 heterocycles. The van der Waals surface area contributed by atoms with Crippen LogP contribution in [0.5, 0.6) is 0 Å². The predicted octanol–water partition coefficient (Wildman–Crippen LogP) is 4.05. The highest BCUT2D eigenvalue weighted by molar-refractivity contribution is 5.33. The number of aliphatic hydroxyl groups excluding tert-OH is 1. The second-order valence-electron chi connectivity index (χ2n) is 4.88. The first-order valence-corrected chi connectivity index (χ1v) is 6.47. The molecule has 2 heteroatoms. The highest BCUT2D eigenvalue weighted by Gasteiger charge is 2.16. The van der Waals surface area contributed by atoms with Crippen LogP contribution in [0.15, 0.2) is 41.0 Å². The molecule has 1 aromatic carbocycles. The Bertz CT molecular complexity index is 494. The standard InChI is InChI=1S/C16H20O2/c1-4-15-14(9-10-18-15)16(17)13-7-5-12(6-8-13)11(2)3/h5-11,16-17H,4H2,1-3H3. The summed E-state index contributed by atoms with van der Waals surface area (Å²) in [6.45, 7) is 6.35. The summed E-state index contributed by atoms with van der Waals surface area (Å²) in [4.78, 5) is 0. The molecule has 0 aliphatic heterocycles. The van der Waals surface area contributed by atoms with Crippen molar-refractivity contribution in [1.29, 1.82) is 0 Å². The summed E-state index contributed by atoms with van der Waals surface area (Å²) in [5.74, 6) is 1.37. The second kappa shape index (κ2) is 5.40. The molecular formula is C16H20O2. The minimum atomic E-state index is -0.597. The van der Waals surface area contributed by atoms with Crippen LogP contribution in [0.2, 0.25) is 0 Å². The minimum absolute atomic E-state index is 0.510. The summed E-state index contributed by atoms with van der Waals surface area (Å²) in [6, 6.07) is 9.99. The van der Waals surface area contributed by atoms with E-state index < -0.39 is 6.10 Å². The molecule has 2 aromatic rings. The lowest BCUT2D eigenvalue weighted by Crippen LogP contribution is -2.01. The molecule has 0 saturated heterocycles. The van der Waals surface area contributed by atoms with Crippen molar-refractivity contribution in [2.75, 3.05) is 0 Å². The third kappa shape index (κ3) is 2.49. The van der Waals surface area contributed by atoms with E-state index in [1.807, 2.05) is 25.1 Å². The summed E-state index contributed by atoms with van der Waals surface area (Å²) in [7, 11) is 0. The van der Waals surface area contributed by atoms with Crippen molar-refractivity contribution < 1.29 is 9.52 Å². The third-order valence-corrected chi connectivity index (χ3v) is 3.31. The van der Waals surface area contributed by atoms with E-state index in [0.29, 0.717) is 5.92 Å². The summed E-state index contributed by atoms with van der Waals surface area (Å²) in [6.07, 6.45) is 1.84. The van der Waals surface area contributed by atoms with E-state index in [9.17, 15) is 5.11 Å². The number of furan rings is 1. The number of aryl methyl sites for hydroxylation is 1. The van der Waals surface area contributed by atoms with Gasteiger partial charge in [-0.3, -0.25) is 0 Å². The Morgan fingerprint density at radius 1 is 1.06 bits per heavy atom. The Hall–Kier alpha value is -1.54. The molecule has 1 atom stereocenters. The largest absolute Gasteiger partial charge is 0.469 e. The van der Waals surface area contributed by atoms with Crippen molar-refractivity contribution in [3.05, 3.63) is 59.0 Å². The van der Waals surface area contributed by atoms with Gasteiger partial charge in [0.1, 0.15) is 11.9 Å². The first-order valence-electron chi connectivity index (χ1n) is 6.47. The molecular weight excluding hydrogens is 224 g/mol. The maximum atomic E-state index is 10.4. The van der Waals surface area contributed by atoms with Crippen molar-refractivity contribution in [2.45, 2.75) is 39.2 Å². The van der Waals surface area contributed by atoms with Gasteiger partial charge in [0.15, 0.2) is 0 Å².